The van der Waals surface area contributed by atoms with Gasteiger partial charge in [-0.3, -0.25) is 9.59 Å². The Hall–Kier alpha value is -2.76. The molecule has 0 radical (unpaired) electrons. The van der Waals surface area contributed by atoms with Gasteiger partial charge in [0.05, 0.1) is 24.6 Å². The van der Waals surface area contributed by atoms with Gasteiger partial charge >= 0.3 is 0 Å². The van der Waals surface area contributed by atoms with Gasteiger partial charge in [-0.25, -0.2) is 0 Å². The highest BCUT2D eigenvalue weighted by Gasteiger charge is 2.51. The Morgan fingerprint density at radius 2 is 2.03 bits per heavy atom. The Morgan fingerprint density at radius 1 is 1.24 bits per heavy atom. The second kappa shape index (κ2) is 7.93. The average molecular weight is 397 g/mol. The summed E-state index contributed by atoms with van der Waals surface area (Å²) in [4.78, 5) is 28.2. The number of ether oxygens (including phenoxy) is 3. The molecule has 29 heavy (non-hydrogen) atoms. The third-order valence-electron chi connectivity index (χ3n) is 6.06. The molecule has 1 saturated carbocycles. The third kappa shape index (κ3) is 3.20. The molecule has 1 aromatic carbocycles. The van der Waals surface area contributed by atoms with Crippen molar-refractivity contribution in [3.8, 4) is 11.5 Å². The zero-order valence-electron chi connectivity index (χ0n) is 17.0. The number of carbonyl (C=O) groups is 2. The summed E-state index contributed by atoms with van der Waals surface area (Å²) in [7, 11) is 1.57. The fourth-order valence-electron chi connectivity index (χ4n) is 4.69. The number of benzene rings is 1. The first-order valence-electron chi connectivity index (χ1n) is 10.3. The summed E-state index contributed by atoms with van der Waals surface area (Å²) in [6.07, 6.45) is 5.22. The number of hydrogen-bond acceptors (Lipinski definition) is 5. The number of methoxy groups -OCH3 is 1. The summed E-state index contributed by atoms with van der Waals surface area (Å²) in [5, 5.41) is 0. The summed E-state index contributed by atoms with van der Waals surface area (Å²) in [6.45, 7) is 6.43. The molecule has 2 heterocycles. The van der Waals surface area contributed by atoms with Gasteiger partial charge < -0.3 is 19.1 Å². The summed E-state index contributed by atoms with van der Waals surface area (Å²) in [5.74, 6) is 1.12. The summed E-state index contributed by atoms with van der Waals surface area (Å²) in [5.41, 5.74) is 1.32. The van der Waals surface area contributed by atoms with Crippen LogP contribution in [-0.2, 0) is 14.3 Å². The number of rotatable bonds is 6. The lowest BCUT2D eigenvalue weighted by atomic mass is 9.77. The molecule has 1 amide bonds. The van der Waals surface area contributed by atoms with Crippen LogP contribution in [0.3, 0.4) is 0 Å². The normalized spacial score (nSPS) is 26.0. The molecule has 1 fully saturated rings. The van der Waals surface area contributed by atoms with Gasteiger partial charge in [0.1, 0.15) is 12.7 Å². The molecule has 0 N–H and O–H groups in total. The minimum atomic E-state index is -0.458. The Bertz CT molecular complexity index is 874. The Balaban J connectivity index is 1.75. The van der Waals surface area contributed by atoms with Crippen molar-refractivity contribution in [2.45, 2.75) is 44.8 Å². The van der Waals surface area contributed by atoms with Crippen molar-refractivity contribution in [1.82, 2.24) is 4.90 Å². The zero-order chi connectivity index (χ0) is 20.5. The predicted molar refractivity (Wildman–Crippen MR) is 108 cm³/mol. The molecule has 1 aromatic rings. The highest BCUT2D eigenvalue weighted by Crippen LogP contribution is 2.47. The largest absolute Gasteiger partial charge is 0.493 e. The van der Waals surface area contributed by atoms with Crippen molar-refractivity contribution in [1.29, 1.82) is 0 Å². The van der Waals surface area contributed by atoms with Crippen molar-refractivity contribution in [3.05, 3.63) is 47.7 Å². The number of likely N-dealkylation sites (N-methyl/N-ethyl adjacent to an activating group) is 1. The number of nitrogens with zero attached hydrogens (tertiary/aromatic N) is 1. The Labute approximate surface area is 171 Å². The molecule has 0 bridgehead atoms. The smallest absolute Gasteiger partial charge is 0.290 e. The monoisotopic (exact) mass is 397 g/mol. The van der Waals surface area contributed by atoms with Gasteiger partial charge in [-0.05, 0) is 43.9 Å². The maximum atomic E-state index is 13.4. The second-order valence-electron chi connectivity index (χ2n) is 7.66. The van der Waals surface area contributed by atoms with E-state index in [-0.39, 0.29) is 29.5 Å². The highest BCUT2D eigenvalue weighted by atomic mass is 16.5. The molecule has 3 aliphatic rings. The van der Waals surface area contributed by atoms with Crippen LogP contribution in [0.15, 0.2) is 42.2 Å². The van der Waals surface area contributed by atoms with E-state index >= 15 is 0 Å². The number of hydrogen-bond donors (Lipinski definition) is 0. The van der Waals surface area contributed by atoms with Crippen LogP contribution in [0.2, 0.25) is 0 Å². The van der Waals surface area contributed by atoms with E-state index in [1.165, 1.54) is 0 Å². The van der Waals surface area contributed by atoms with E-state index in [1.54, 1.807) is 18.1 Å². The van der Waals surface area contributed by atoms with E-state index in [0.717, 1.165) is 31.2 Å². The quantitative estimate of drug-likeness (QED) is 0.687. The highest BCUT2D eigenvalue weighted by molar-refractivity contribution is 6.11. The number of ketones is 1. The molecule has 0 saturated heterocycles. The molecule has 6 nitrogen and oxygen atoms in total. The van der Waals surface area contributed by atoms with Gasteiger partial charge in [-0.2, -0.15) is 0 Å². The van der Waals surface area contributed by atoms with Crippen LogP contribution in [0.5, 0.6) is 11.5 Å². The lowest BCUT2D eigenvalue weighted by molar-refractivity contribution is -0.135. The van der Waals surface area contributed by atoms with Crippen molar-refractivity contribution in [2.75, 3.05) is 20.3 Å². The average Bonchev–Trinajstić information content (AvgIpc) is 3.04. The number of carbonyl (C=O) groups excluding carboxylic acids is 2. The lowest BCUT2D eigenvalue weighted by Gasteiger charge is -2.35. The first kappa shape index (κ1) is 19.6. The van der Waals surface area contributed by atoms with Crippen molar-refractivity contribution >= 4 is 11.7 Å². The van der Waals surface area contributed by atoms with Crippen molar-refractivity contribution in [3.63, 3.8) is 0 Å². The van der Waals surface area contributed by atoms with Crippen molar-refractivity contribution in [2.24, 2.45) is 5.92 Å². The van der Waals surface area contributed by atoms with Gasteiger partial charge in [0, 0.05) is 6.54 Å². The molecule has 2 aliphatic heterocycles. The third-order valence-corrected chi connectivity index (χ3v) is 6.06. The number of Topliss-reactive ketones (excluding diaryl/α,β-unsaturated/α-hetero) is 1. The van der Waals surface area contributed by atoms with Gasteiger partial charge in [0.15, 0.2) is 23.0 Å². The predicted octanol–water partition coefficient (Wildman–Crippen LogP) is 3.58. The lowest BCUT2D eigenvalue weighted by Crippen LogP contribution is -2.39. The van der Waals surface area contributed by atoms with Gasteiger partial charge in [-0.1, -0.05) is 25.1 Å². The van der Waals surface area contributed by atoms with Crippen LogP contribution < -0.4 is 9.47 Å². The summed E-state index contributed by atoms with van der Waals surface area (Å²) >= 11 is 0. The van der Waals surface area contributed by atoms with E-state index in [4.69, 9.17) is 14.2 Å². The van der Waals surface area contributed by atoms with Crippen LogP contribution >= 0.6 is 0 Å². The molecule has 3 unspecified atom stereocenters. The van der Waals surface area contributed by atoms with E-state index in [0.29, 0.717) is 30.2 Å². The second-order valence-corrected chi connectivity index (χ2v) is 7.66. The molecule has 154 valence electrons. The first-order valence-corrected chi connectivity index (χ1v) is 10.3. The number of fused-ring (bicyclic) bond motifs is 1. The minimum absolute atomic E-state index is 0.0659. The minimum Gasteiger partial charge on any atom is -0.493 e. The Kier molecular flexibility index (Phi) is 5.35. The molecule has 6 heteroatoms. The molecular weight excluding hydrogens is 370 g/mol. The maximum absolute atomic E-state index is 13.4. The first-order chi connectivity index (χ1) is 14.1. The van der Waals surface area contributed by atoms with Crippen LogP contribution in [0.1, 0.15) is 44.2 Å². The summed E-state index contributed by atoms with van der Waals surface area (Å²) < 4.78 is 17.2. The fraction of sp³-hybridized carbons (Fsp3) is 0.478. The molecule has 4 rings (SSSR count). The zero-order valence-corrected chi connectivity index (χ0v) is 17.0. The van der Waals surface area contributed by atoms with E-state index in [1.807, 2.05) is 25.1 Å². The Morgan fingerprint density at radius 3 is 2.76 bits per heavy atom. The van der Waals surface area contributed by atoms with Gasteiger partial charge in [0.25, 0.3) is 5.91 Å². The fourth-order valence-corrected chi connectivity index (χ4v) is 4.69. The maximum Gasteiger partial charge on any atom is 0.290 e. The molecule has 3 atom stereocenters. The topological polar surface area (TPSA) is 65.1 Å². The van der Waals surface area contributed by atoms with Crippen LogP contribution in [0, 0.1) is 5.92 Å². The number of amides is 1. The van der Waals surface area contributed by atoms with E-state index < -0.39 is 6.04 Å². The molecule has 0 spiro atoms. The van der Waals surface area contributed by atoms with Crippen LogP contribution in [-0.4, -0.2) is 43.0 Å². The van der Waals surface area contributed by atoms with Gasteiger partial charge in [-0.15, -0.1) is 0 Å². The SMILES string of the molecule is C=CCOc1ccc(C2C3=C(OC4CCCCC4C3=O)C(=O)N2CC)cc1OC. The summed E-state index contributed by atoms with van der Waals surface area (Å²) in [6, 6.07) is 5.08. The standard InChI is InChI=1S/C23H27NO5/c1-4-12-28-17-11-10-14(13-18(17)27-3)20-19-21(25)15-8-6-7-9-16(15)29-22(19)23(26)24(20)5-2/h4,10-11,13,15-16,20H,1,5-9,12H2,2-3H3. The van der Waals surface area contributed by atoms with Crippen LogP contribution in [0.4, 0.5) is 0 Å². The van der Waals surface area contributed by atoms with Gasteiger partial charge in [0.2, 0.25) is 0 Å². The van der Waals surface area contributed by atoms with E-state index in [2.05, 4.69) is 6.58 Å². The molecule has 1 aliphatic carbocycles. The van der Waals surface area contributed by atoms with E-state index in [9.17, 15) is 9.59 Å². The van der Waals surface area contributed by atoms with Crippen molar-refractivity contribution < 1.29 is 23.8 Å². The van der Waals surface area contributed by atoms with Crippen LogP contribution in [0.25, 0.3) is 0 Å². The molecule has 0 aromatic heterocycles. The molecular formula is C23H27NO5.